The molecule has 0 bridgehead atoms. The molecule has 0 aromatic carbocycles. The lowest BCUT2D eigenvalue weighted by atomic mass is 9.91. The fraction of sp³-hybridized carbons (Fsp3) is 0.794. The van der Waals surface area contributed by atoms with Crippen LogP contribution < -0.4 is 21.3 Å². The van der Waals surface area contributed by atoms with E-state index in [2.05, 4.69) is 21.3 Å². The highest BCUT2D eigenvalue weighted by molar-refractivity contribution is 5.99. The van der Waals surface area contributed by atoms with E-state index in [1.165, 1.54) is 96.6 Å². The Morgan fingerprint density at radius 1 is 0.494 bits per heavy atom. The number of nitrogens with one attached hydrogen (secondary N) is 4. The van der Waals surface area contributed by atoms with E-state index in [1.807, 2.05) is 60.6 Å². The van der Waals surface area contributed by atoms with E-state index < -0.39 is 161 Å². The molecule has 12 atom stereocenters. The zero-order valence-corrected chi connectivity index (χ0v) is 57.1. The third-order valence-corrected chi connectivity index (χ3v) is 16.2. The largest absolute Gasteiger partial charge is 0.390 e. The first-order chi connectivity index (χ1) is 40.0. The summed E-state index contributed by atoms with van der Waals surface area (Å²) in [6.07, 6.45) is 3.29. The monoisotopic (exact) mass is 1230 g/mol. The number of amides is 11. The molecule has 87 heavy (non-hydrogen) atoms. The third-order valence-electron chi connectivity index (χ3n) is 16.2. The lowest BCUT2D eigenvalue weighted by Gasteiger charge is -2.41. The van der Waals surface area contributed by atoms with Crippen molar-refractivity contribution in [1.29, 1.82) is 0 Å². The number of carbonyl (C=O) groups is 11. The topological polar surface area (TPSA) is 299 Å². The number of rotatable bonds is 16. The standard InChI is InChI=1S/C63H113N11O13/c1-25-27-28-29-40(13)52(76)51-56(80)66-43(26-2)58(82)68(18)34-48(75)69(19)47(33-63(16,17)87)55(79)67-49(38(9)10)61(85)70(20)44(30-35(3)4)54(78)64-41(14)53(77)65-42(15)57(81)71(21)45(31-36(5)6)59(83)72(22)46(32-37(7)8)60(84)73(23)50(39(11)12)62(86)74(51)24/h27-28,35-47,49-52,76,87H,25-26,29-34H2,1-24H3,(H,64,78)(H,65,77)(H,66,80)(H,67,79)/b28-27+/t40-,41?,42-,43?,44-,45+,46+,47?,49-,50+,51?,52-/m1/s1. The summed E-state index contributed by atoms with van der Waals surface area (Å²) < 4.78 is 0. The van der Waals surface area contributed by atoms with E-state index in [9.17, 15) is 53.4 Å². The number of hydrogen-bond acceptors (Lipinski definition) is 13. The predicted octanol–water partition coefficient (Wildman–Crippen LogP) is 2.77. The number of carbonyl (C=O) groups excluding carboxylic acids is 11. The van der Waals surface area contributed by atoms with Gasteiger partial charge in [0.2, 0.25) is 65.0 Å². The number of hydrogen-bond donors (Lipinski definition) is 6. The summed E-state index contributed by atoms with van der Waals surface area (Å²) in [6, 6.07) is -12.9. The lowest BCUT2D eigenvalue weighted by Crippen LogP contribution is -2.63. The molecule has 1 aliphatic heterocycles. The smallest absolute Gasteiger partial charge is 0.246 e. The van der Waals surface area contributed by atoms with Gasteiger partial charge in [-0.15, -0.1) is 0 Å². The van der Waals surface area contributed by atoms with Gasteiger partial charge in [0.25, 0.3) is 0 Å². The van der Waals surface area contributed by atoms with Crippen molar-refractivity contribution in [3.63, 3.8) is 0 Å². The van der Waals surface area contributed by atoms with Crippen LogP contribution in [0.25, 0.3) is 0 Å². The maximum Gasteiger partial charge on any atom is 0.246 e. The number of likely N-dealkylation sites (N-methyl/N-ethyl adjacent to an activating group) is 7. The number of allylic oxidation sites excluding steroid dienone is 2. The van der Waals surface area contributed by atoms with Crippen molar-refractivity contribution in [1.82, 2.24) is 55.6 Å². The Labute approximate surface area is 520 Å². The summed E-state index contributed by atoms with van der Waals surface area (Å²) in [5.41, 5.74) is -1.55. The van der Waals surface area contributed by atoms with Crippen LogP contribution in [0.4, 0.5) is 0 Å². The molecule has 24 nitrogen and oxygen atoms in total. The zero-order chi connectivity index (χ0) is 67.6. The van der Waals surface area contributed by atoms with Gasteiger partial charge < -0.3 is 65.8 Å². The first kappa shape index (κ1) is 78.8. The van der Waals surface area contributed by atoms with Crippen LogP contribution in [0.3, 0.4) is 0 Å². The minimum Gasteiger partial charge on any atom is -0.390 e. The normalized spacial score (nSPS) is 26.7. The van der Waals surface area contributed by atoms with Crippen molar-refractivity contribution in [2.45, 2.75) is 235 Å². The van der Waals surface area contributed by atoms with E-state index in [0.717, 1.165) is 14.7 Å². The van der Waals surface area contributed by atoms with Gasteiger partial charge in [-0.2, -0.15) is 0 Å². The zero-order valence-electron chi connectivity index (χ0n) is 57.1. The minimum absolute atomic E-state index is 0.0128. The molecule has 0 radical (unpaired) electrons. The second-order valence-corrected chi connectivity index (χ2v) is 26.8. The predicted molar refractivity (Wildman–Crippen MR) is 335 cm³/mol. The van der Waals surface area contributed by atoms with Crippen LogP contribution in [0.2, 0.25) is 0 Å². The van der Waals surface area contributed by atoms with E-state index in [-0.39, 0.29) is 49.9 Å². The summed E-state index contributed by atoms with van der Waals surface area (Å²) in [5.74, 6) is -10.3. The van der Waals surface area contributed by atoms with Gasteiger partial charge in [-0.05, 0) is 102 Å². The van der Waals surface area contributed by atoms with Crippen LogP contribution in [0.1, 0.15) is 163 Å². The maximum absolute atomic E-state index is 15.2. The fourth-order valence-electron chi connectivity index (χ4n) is 10.8. The molecule has 1 saturated heterocycles. The minimum atomic E-state index is -1.64. The van der Waals surface area contributed by atoms with Crippen molar-refractivity contribution in [2.24, 2.45) is 35.5 Å². The van der Waals surface area contributed by atoms with Crippen molar-refractivity contribution >= 4 is 65.0 Å². The molecule has 6 N–H and O–H groups in total. The van der Waals surface area contributed by atoms with Crippen LogP contribution in [-0.2, 0) is 52.7 Å². The molecule has 0 spiro atoms. The maximum atomic E-state index is 15.2. The van der Waals surface area contributed by atoms with Gasteiger partial charge in [0.15, 0.2) is 0 Å². The first-order valence-corrected chi connectivity index (χ1v) is 31.1. The quantitative estimate of drug-likeness (QED) is 0.121. The van der Waals surface area contributed by atoms with Gasteiger partial charge >= 0.3 is 0 Å². The lowest BCUT2D eigenvalue weighted by molar-refractivity contribution is -0.157. The first-order valence-electron chi connectivity index (χ1n) is 31.1. The highest BCUT2D eigenvalue weighted by Gasteiger charge is 2.46. The van der Waals surface area contributed by atoms with Crippen LogP contribution >= 0.6 is 0 Å². The van der Waals surface area contributed by atoms with Crippen molar-refractivity contribution in [3.05, 3.63) is 12.2 Å². The summed E-state index contributed by atoms with van der Waals surface area (Å²) in [5, 5.41) is 34.1. The molecule has 0 aromatic rings. The Morgan fingerprint density at radius 2 is 0.943 bits per heavy atom. The Hall–Kier alpha value is -6.17. The Kier molecular flexibility index (Phi) is 31.8. The summed E-state index contributed by atoms with van der Waals surface area (Å²) >= 11 is 0. The van der Waals surface area contributed by atoms with Crippen LogP contribution in [-0.4, -0.2) is 237 Å². The average Bonchev–Trinajstić information content (AvgIpc) is 1.14. The Balaban J connectivity index is 4.36. The summed E-state index contributed by atoms with van der Waals surface area (Å²) in [4.78, 5) is 169. The summed E-state index contributed by atoms with van der Waals surface area (Å²) in [7, 11) is 9.69. The summed E-state index contributed by atoms with van der Waals surface area (Å²) in [6.45, 7) is 28.3. The molecule has 0 aromatic heterocycles. The van der Waals surface area contributed by atoms with E-state index in [1.54, 1.807) is 41.5 Å². The van der Waals surface area contributed by atoms with E-state index >= 15 is 9.59 Å². The molecule has 11 amide bonds. The SMILES string of the molecule is CC/C=C/C[C@@H](C)[C@@H](O)C1C(=O)NC(CC)C(=O)N(C)CC(=O)N(C)C(CC(C)(C)O)C(=O)N[C@H](C(C)C)C(=O)N(C)[C@H](CC(C)C)C(=O)NC(C)C(=O)N[C@H](C)C(=O)N(C)[C@@H](CC(C)C)C(=O)N(C)[C@@H](CC(C)C)C(=O)N(C)[C@@H](C(C)C)C(=O)N1C. The molecule has 0 saturated carbocycles. The molecular formula is C63H113N11O13. The molecule has 1 fully saturated rings. The second-order valence-electron chi connectivity index (χ2n) is 26.8. The molecule has 24 heteroatoms. The Bertz CT molecular complexity index is 2390. The van der Waals surface area contributed by atoms with E-state index in [0.29, 0.717) is 12.8 Å². The van der Waals surface area contributed by atoms with Gasteiger partial charge in [0.05, 0.1) is 18.2 Å². The number of aliphatic hydroxyl groups excluding tert-OH is 1. The highest BCUT2D eigenvalue weighted by Crippen LogP contribution is 2.26. The molecule has 498 valence electrons. The van der Waals surface area contributed by atoms with Gasteiger partial charge in [-0.25, -0.2) is 0 Å². The third kappa shape index (κ3) is 22.7. The second kappa shape index (κ2) is 35.1. The number of nitrogens with zero attached hydrogens (tertiary/aromatic N) is 7. The van der Waals surface area contributed by atoms with Crippen molar-refractivity contribution < 1.29 is 63.0 Å². The fourth-order valence-corrected chi connectivity index (χ4v) is 10.8. The van der Waals surface area contributed by atoms with Gasteiger partial charge in [0, 0.05) is 55.8 Å². The van der Waals surface area contributed by atoms with Crippen molar-refractivity contribution in [2.75, 3.05) is 55.9 Å². The van der Waals surface area contributed by atoms with Crippen LogP contribution in [0, 0.1) is 35.5 Å². The molecule has 1 aliphatic rings. The molecule has 1 heterocycles. The molecule has 4 unspecified atom stereocenters. The molecule has 1 rings (SSSR count). The van der Waals surface area contributed by atoms with Gasteiger partial charge in [-0.1, -0.05) is 102 Å². The van der Waals surface area contributed by atoms with Gasteiger partial charge in [-0.3, -0.25) is 52.7 Å². The van der Waals surface area contributed by atoms with Crippen molar-refractivity contribution in [3.8, 4) is 0 Å². The average molecular weight is 1230 g/mol. The van der Waals surface area contributed by atoms with Gasteiger partial charge in [0.1, 0.15) is 60.4 Å². The number of aliphatic hydroxyl groups is 2. The van der Waals surface area contributed by atoms with Crippen LogP contribution in [0.15, 0.2) is 12.2 Å². The molecular weight excluding hydrogens is 1120 g/mol. The van der Waals surface area contributed by atoms with E-state index in [4.69, 9.17) is 0 Å². The van der Waals surface area contributed by atoms with Crippen LogP contribution in [0.5, 0.6) is 0 Å². The Morgan fingerprint density at radius 3 is 1.40 bits per heavy atom. The highest BCUT2D eigenvalue weighted by atomic mass is 16.3. The molecule has 0 aliphatic carbocycles.